The first-order valence-electron chi connectivity index (χ1n) is 6.93. The fourth-order valence-corrected chi connectivity index (χ4v) is 2.03. The normalized spacial score (nSPS) is 10.8. The molecule has 4 nitrogen and oxygen atoms in total. The number of rotatable bonds is 5. The monoisotopic (exact) mass is 334 g/mol. The summed E-state index contributed by atoms with van der Waals surface area (Å²) in [6, 6.07) is 9.64. The molecule has 2 rings (SSSR count). The second-order valence-electron chi connectivity index (χ2n) is 4.97. The zero-order chi connectivity index (χ0) is 16.8. The van der Waals surface area contributed by atoms with Crippen molar-refractivity contribution in [2.45, 2.75) is 13.8 Å². The molecule has 0 heterocycles. The van der Waals surface area contributed by atoms with E-state index in [-0.39, 0.29) is 12.2 Å². The average molecular weight is 335 g/mol. The Labute approximate surface area is 138 Å². The van der Waals surface area contributed by atoms with Crippen molar-refractivity contribution in [3.63, 3.8) is 0 Å². The number of hydrogen-bond donors (Lipinski definition) is 1. The Bertz CT molecular complexity index is 724. The van der Waals surface area contributed by atoms with Gasteiger partial charge in [-0.15, -0.1) is 0 Å². The molecule has 0 atom stereocenters. The fraction of sp³-hybridized carbons (Fsp3) is 0.176. The molecule has 2 aromatic carbocycles. The van der Waals surface area contributed by atoms with Crippen molar-refractivity contribution in [3.05, 3.63) is 63.9 Å². The van der Waals surface area contributed by atoms with Crippen molar-refractivity contribution in [3.8, 4) is 5.75 Å². The molecule has 0 radical (unpaired) electrons. The number of nitrogens with zero attached hydrogens (tertiary/aromatic N) is 1. The lowest BCUT2D eigenvalue weighted by atomic mass is 10.1. The third kappa shape index (κ3) is 4.79. The first-order valence-corrected chi connectivity index (χ1v) is 7.31. The van der Waals surface area contributed by atoms with Crippen LogP contribution in [0.4, 0.5) is 4.39 Å². The molecule has 0 spiro atoms. The van der Waals surface area contributed by atoms with E-state index >= 15 is 0 Å². The van der Waals surface area contributed by atoms with Crippen molar-refractivity contribution in [2.75, 3.05) is 6.61 Å². The molecule has 0 fully saturated rings. The number of halogens is 2. The summed E-state index contributed by atoms with van der Waals surface area (Å²) in [5, 5.41) is 4.38. The van der Waals surface area contributed by atoms with Gasteiger partial charge in [0.05, 0.1) is 6.21 Å². The average Bonchev–Trinajstić information content (AvgIpc) is 2.52. The van der Waals surface area contributed by atoms with E-state index in [9.17, 15) is 9.18 Å². The van der Waals surface area contributed by atoms with Gasteiger partial charge in [0.1, 0.15) is 11.6 Å². The van der Waals surface area contributed by atoms with Gasteiger partial charge in [-0.3, -0.25) is 4.79 Å². The smallest absolute Gasteiger partial charge is 0.277 e. The van der Waals surface area contributed by atoms with Gasteiger partial charge in [0.25, 0.3) is 5.91 Å². The quantitative estimate of drug-likeness (QED) is 0.670. The molecule has 1 N–H and O–H groups in total. The highest BCUT2D eigenvalue weighted by Crippen LogP contribution is 2.25. The van der Waals surface area contributed by atoms with Crippen LogP contribution < -0.4 is 10.2 Å². The molecular formula is C17H16ClFN2O2. The Hall–Kier alpha value is -2.40. The van der Waals surface area contributed by atoms with Crippen molar-refractivity contribution in [2.24, 2.45) is 5.10 Å². The maximum absolute atomic E-state index is 13.4. The van der Waals surface area contributed by atoms with Crippen LogP contribution in [0.5, 0.6) is 5.75 Å². The van der Waals surface area contributed by atoms with Gasteiger partial charge in [0, 0.05) is 10.6 Å². The van der Waals surface area contributed by atoms with Crippen LogP contribution in [-0.4, -0.2) is 18.7 Å². The third-order valence-electron chi connectivity index (χ3n) is 3.08. The molecular weight excluding hydrogens is 319 g/mol. The number of ether oxygens (including phenoxy) is 1. The van der Waals surface area contributed by atoms with Gasteiger partial charge >= 0.3 is 0 Å². The van der Waals surface area contributed by atoms with Gasteiger partial charge in [0.2, 0.25) is 0 Å². The van der Waals surface area contributed by atoms with Gasteiger partial charge in [-0.2, -0.15) is 5.10 Å². The van der Waals surface area contributed by atoms with Crippen LogP contribution in [0.1, 0.15) is 16.7 Å². The summed E-state index contributed by atoms with van der Waals surface area (Å²) in [5.41, 5.74) is 4.32. The van der Waals surface area contributed by atoms with E-state index in [2.05, 4.69) is 10.5 Å². The van der Waals surface area contributed by atoms with Crippen molar-refractivity contribution in [1.29, 1.82) is 0 Å². The molecule has 0 saturated carbocycles. The van der Waals surface area contributed by atoms with Gasteiger partial charge in [-0.05, 0) is 43.2 Å². The first kappa shape index (κ1) is 17.0. The maximum Gasteiger partial charge on any atom is 0.277 e. The summed E-state index contributed by atoms with van der Waals surface area (Å²) >= 11 is 6.07. The fourth-order valence-electron chi connectivity index (χ4n) is 1.92. The number of benzene rings is 2. The molecule has 0 aliphatic rings. The van der Waals surface area contributed by atoms with Crippen LogP contribution >= 0.6 is 11.6 Å². The number of hydrazone groups is 1. The van der Waals surface area contributed by atoms with Crippen molar-refractivity contribution >= 4 is 23.7 Å². The van der Waals surface area contributed by atoms with Gasteiger partial charge in [-0.1, -0.05) is 29.8 Å². The molecule has 0 aromatic heterocycles. The van der Waals surface area contributed by atoms with E-state index in [0.29, 0.717) is 10.8 Å². The molecule has 2 aromatic rings. The second-order valence-corrected chi connectivity index (χ2v) is 5.35. The number of amides is 1. The van der Waals surface area contributed by atoms with E-state index in [0.717, 1.165) is 11.1 Å². The molecule has 0 bridgehead atoms. The van der Waals surface area contributed by atoms with Crippen LogP contribution in [0.15, 0.2) is 41.5 Å². The number of hydrogen-bond acceptors (Lipinski definition) is 3. The molecule has 0 unspecified atom stereocenters. The van der Waals surface area contributed by atoms with Crippen LogP contribution in [0, 0.1) is 19.7 Å². The lowest BCUT2D eigenvalue weighted by molar-refractivity contribution is -0.123. The Morgan fingerprint density at radius 1 is 1.30 bits per heavy atom. The highest BCUT2D eigenvalue weighted by Gasteiger charge is 2.06. The summed E-state index contributed by atoms with van der Waals surface area (Å²) in [4.78, 5) is 11.7. The first-order chi connectivity index (χ1) is 11.0. The van der Waals surface area contributed by atoms with Crippen LogP contribution in [-0.2, 0) is 4.79 Å². The Kier molecular flexibility index (Phi) is 5.71. The van der Waals surface area contributed by atoms with Crippen LogP contribution in [0.2, 0.25) is 5.02 Å². The van der Waals surface area contributed by atoms with Gasteiger partial charge in [-0.25, -0.2) is 9.82 Å². The third-order valence-corrected chi connectivity index (χ3v) is 3.67. The highest BCUT2D eigenvalue weighted by atomic mass is 35.5. The maximum atomic E-state index is 13.4. The zero-order valence-corrected chi connectivity index (χ0v) is 13.5. The highest BCUT2D eigenvalue weighted by molar-refractivity contribution is 6.32. The van der Waals surface area contributed by atoms with Gasteiger partial charge < -0.3 is 4.74 Å². The minimum atomic E-state index is -0.442. The molecule has 0 saturated heterocycles. The van der Waals surface area contributed by atoms with E-state index in [1.807, 2.05) is 13.8 Å². The topological polar surface area (TPSA) is 50.7 Å². The lowest BCUT2D eigenvalue weighted by Gasteiger charge is -2.09. The summed E-state index contributed by atoms with van der Waals surface area (Å²) < 4.78 is 18.7. The molecule has 23 heavy (non-hydrogen) atoms. The number of carbonyl (C=O) groups excluding carboxylic acids is 1. The molecule has 6 heteroatoms. The van der Waals surface area contributed by atoms with Crippen LogP contribution in [0.3, 0.4) is 0 Å². The standard InChI is InChI=1S/C17H16ClFN2O2/c1-11-7-14(8-12(2)17(11)18)23-10-16(22)21-20-9-13-5-3-4-6-15(13)19/h3-9H,10H2,1-2H3,(H,21,22). The van der Waals surface area contributed by atoms with E-state index < -0.39 is 11.7 Å². The van der Waals surface area contributed by atoms with Crippen LogP contribution in [0.25, 0.3) is 0 Å². The number of carbonyl (C=O) groups is 1. The molecule has 120 valence electrons. The lowest BCUT2D eigenvalue weighted by Crippen LogP contribution is -2.24. The Morgan fingerprint density at radius 2 is 1.96 bits per heavy atom. The van der Waals surface area contributed by atoms with E-state index in [4.69, 9.17) is 16.3 Å². The van der Waals surface area contributed by atoms with Crippen molar-refractivity contribution < 1.29 is 13.9 Å². The van der Waals surface area contributed by atoms with Gasteiger partial charge in [0.15, 0.2) is 6.61 Å². The minimum Gasteiger partial charge on any atom is -0.484 e. The number of nitrogens with one attached hydrogen (secondary N) is 1. The molecule has 0 aliphatic heterocycles. The number of aryl methyl sites for hydroxylation is 2. The summed E-state index contributed by atoms with van der Waals surface area (Å²) in [7, 11) is 0. The predicted molar refractivity (Wildman–Crippen MR) is 88.6 cm³/mol. The zero-order valence-electron chi connectivity index (χ0n) is 12.8. The summed E-state index contributed by atoms with van der Waals surface area (Å²) in [6.07, 6.45) is 1.24. The summed E-state index contributed by atoms with van der Waals surface area (Å²) in [5.74, 6) is -0.297. The van der Waals surface area contributed by atoms with E-state index in [1.54, 1.807) is 30.3 Å². The Balaban J connectivity index is 1.87. The SMILES string of the molecule is Cc1cc(OCC(=O)NN=Cc2ccccc2F)cc(C)c1Cl. The molecule has 0 aliphatic carbocycles. The largest absolute Gasteiger partial charge is 0.484 e. The molecule has 1 amide bonds. The predicted octanol–water partition coefficient (Wildman–Crippen LogP) is 3.63. The Morgan fingerprint density at radius 3 is 2.61 bits per heavy atom. The van der Waals surface area contributed by atoms with Crippen molar-refractivity contribution in [1.82, 2.24) is 5.43 Å². The minimum absolute atomic E-state index is 0.199. The second kappa shape index (κ2) is 7.74. The summed E-state index contributed by atoms with van der Waals surface area (Å²) in [6.45, 7) is 3.52. The van der Waals surface area contributed by atoms with E-state index in [1.165, 1.54) is 12.3 Å².